The highest BCUT2D eigenvalue weighted by Gasteiger charge is 2.73. The van der Waals surface area contributed by atoms with Crippen molar-refractivity contribution in [3.63, 3.8) is 0 Å². The number of aromatic amines is 1. The zero-order valence-electron chi connectivity index (χ0n) is 13.8. The number of fused-ring (bicyclic) bond motifs is 2. The average Bonchev–Trinajstić information content (AvgIpc) is 3.44. The van der Waals surface area contributed by atoms with Crippen LogP contribution in [0.25, 0.3) is 16.6 Å². The first-order valence-electron chi connectivity index (χ1n) is 9.05. The summed E-state index contributed by atoms with van der Waals surface area (Å²) in [6.45, 7) is 4.53. The molecule has 3 atom stereocenters. The van der Waals surface area contributed by atoms with Gasteiger partial charge in [0.2, 0.25) is 0 Å². The van der Waals surface area contributed by atoms with E-state index in [9.17, 15) is 0 Å². The molecule has 2 saturated carbocycles. The van der Waals surface area contributed by atoms with Gasteiger partial charge in [-0.2, -0.15) is 0 Å². The third-order valence-corrected chi connectivity index (χ3v) is 6.18. The van der Waals surface area contributed by atoms with Gasteiger partial charge in [-0.25, -0.2) is 9.97 Å². The zero-order chi connectivity index (χ0) is 15.6. The van der Waals surface area contributed by atoms with Gasteiger partial charge >= 0.3 is 0 Å². The van der Waals surface area contributed by atoms with E-state index in [2.05, 4.69) is 48.2 Å². The fourth-order valence-electron chi connectivity index (χ4n) is 4.82. The first-order valence-corrected chi connectivity index (χ1v) is 9.05. The summed E-state index contributed by atoms with van der Waals surface area (Å²) in [6, 6.07) is 0. The van der Waals surface area contributed by atoms with Gasteiger partial charge in [-0.1, -0.05) is 38.5 Å². The molecule has 23 heavy (non-hydrogen) atoms. The van der Waals surface area contributed by atoms with Crippen LogP contribution in [-0.4, -0.2) is 15.0 Å². The number of aromatic nitrogens is 3. The van der Waals surface area contributed by atoms with Crippen LogP contribution in [0.3, 0.4) is 0 Å². The van der Waals surface area contributed by atoms with E-state index in [1.807, 2.05) is 0 Å². The summed E-state index contributed by atoms with van der Waals surface area (Å²) in [6.07, 6.45) is 14.4. The third kappa shape index (κ3) is 1.82. The van der Waals surface area contributed by atoms with Crippen LogP contribution in [-0.2, 0) is 0 Å². The van der Waals surface area contributed by atoms with Crippen molar-refractivity contribution in [2.75, 3.05) is 0 Å². The normalized spacial score (nSPS) is 31.5. The van der Waals surface area contributed by atoms with Gasteiger partial charge in [-0.05, 0) is 42.1 Å². The van der Waals surface area contributed by atoms with Gasteiger partial charge in [-0.15, -0.1) is 0 Å². The van der Waals surface area contributed by atoms with E-state index in [4.69, 9.17) is 4.98 Å². The molecule has 120 valence electrons. The second kappa shape index (κ2) is 4.80. The molecule has 3 nitrogen and oxygen atoms in total. The summed E-state index contributed by atoms with van der Waals surface area (Å²) in [7, 11) is 0. The summed E-state index contributed by atoms with van der Waals surface area (Å²) in [5.41, 5.74) is 5.11. The van der Waals surface area contributed by atoms with Crippen molar-refractivity contribution < 1.29 is 1.43 Å². The van der Waals surface area contributed by atoms with E-state index in [1.165, 1.54) is 35.1 Å². The van der Waals surface area contributed by atoms with Gasteiger partial charge in [0.25, 0.3) is 0 Å². The molecular formula is C20H25N3. The molecule has 6 rings (SSSR count). The highest BCUT2D eigenvalue weighted by Crippen LogP contribution is 2.78. The molecule has 0 amide bonds. The van der Waals surface area contributed by atoms with Gasteiger partial charge in [0, 0.05) is 24.5 Å². The lowest BCUT2D eigenvalue weighted by molar-refractivity contribution is 0.584. The van der Waals surface area contributed by atoms with Crippen LogP contribution in [0.2, 0.25) is 0 Å². The SMILES string of the molecule is CCCC(CC)c1ncnc2[nH]cc(C3=CC=CC4C5C3C45)c12.[HH]. The summed E-state index contributed by atoms with van der Waals surface area (Å²) in [4.78, 5) is 12.6. The molecule has 2 aromatic heterocycles. The molecule has 2 aromatic rings. The van der Waals surface area contributed by atoms with E-state index < -0.39 is 0 Å². The fourth-order valence-corrected chi connectivity index (χ4v) is 4.82. The Kier molecular flexibility index (Phi) is 2.82. The Morgan fingerprint density at radius 3 is 2.91 bits per heavy atom. The predicted octanol–water partition coefficient (Wildman–Crippen LogP) is 4.94. The molecule has 4 aliphatic carbocycles. The molecule has 3 heteroatoms. The van der Waals surface area contributed by atoms with E-state index in [-0.39, 0.29) is 1.43 Å². The van der Waals surface area contributed by atoms with Gasteiger partial charge in [-0.3, -0.25) is 0 Å². The summed E-state index contributed by atoms with van der Waals surface area (Å²) in [5, 5.41) is 1.28. The standard InChI is InChI=1S/C20H23N3.H2/c1-3-6-11(4-2)19-18-14(9-21-20(18)23-10-22-19)12-7-5-8-13-16-15(12)17(13)16;/h5,7-11,13,15-17H,3-4,6H2,1-2H3,(H,21,22,23);1H. The predicted molar refractivity (Wildman–Crippen MR) is 95.0 cm³/mol. The van der Waals surface area contributed by atoms with E-state index >= 15 is 0 Å². The van der Waals surface area contributed by atoms with E-state index in [0.29, 0.717) is 5.92 Å². The molecule has 0 saturated heterocycles. The van der Waals surface area contributed by atoms with Gasteiger partial charge in [0.15, 0.2) is 0 Å². The molecular weight excluding hydrogens is 282 g/mol. The quantitative estimate of drug-likeness (QED) is 0.849. The van der Waals surface area contributed by atoms with Crippen molar-refractivity contribution in [2.24, 2.45) is 23.7 Å². The molecule has 4 aliphatic rings. The summed E-state index contributed by atoms with van der Waals surface area (Å²) >= 11 is 0. The lowest BCUT2D eigenvalue weighted by Crippen LogP contribution is -2.04. The number of hydrogen-bond acceptors (Lipinski definition) is 2. The Hall–Kier alpha value is -1.90. The number of rotatable bonds is 5. The molecule has 0 aliphatic heterocycles. The minimum Gasteiger partial charge on any atom is -0.345 e. The van der Waals surface area contributed by atoms with Crippen molar-refractivity contribution in [3.8, 4) is 0 Å². The lowest BCUT2D eigenvalue weighted by Gasteiger charge is -2.16. The van der Waals surface area contributed by atoms with Gasteiger partial charge < -0.3 is 4.98 Å². The monoisotopic (exact) mass is 307 g/mol. The first-order chi connectivity index (χ1) is 11.3. The van der Waals surface area contributed by atoms with Crippen LogP contribution in [0.1, 0.15) is 51.7 Å². The first kappa shape index (κ1) is 13.5. The highest BCUT2D eigenvalue weighted by molar-refractivity contribution is 5.94. The lowest BCUT2D eigenvalue weighted by atomic mass is 9.89. The maximum Gasteiger partial charge on any atom is 0.141 e. The van der Waals surface area contributed by atoms with Crippen molar-refractivity contribution in [2.45, 2.75) is 39.0 Å². The minimum absolute atomic E-state index is 0. The number of allylic oxidation sites excluding steroid dienone is 4. The van der Waals surface area contributed by atoms with Crippen LogP contribution < -0.4 is 0 Å². The summed E-state index contributed by atoms with van der Waals surface area (Å²) in [5.74, 6) is 4.04. The maximum atomic E-state index is 4.72. The summed E-state index contributed by atoms with van der Waals surface area (Å²) < 4.78 is 0. The number of hydrogen-bond donors (Lipinski definition) is 1. The Balaban J connectivity index is 0.00000146. The number of nitrogens with one attached hydrogen (secondary N) is 1. The third-order valence-electron chi connectivity index (χ3n) is 6.18. The van der Waals surface area contributed by atoms with Crippen LogP contribution in [0.4, 0.5) is 0 Å². The maximum absolute atomic E-state index is 4.72. The Bertz CT molecular complexity index is 825. The minimum atomic E-state index is 0. The largest absolute Gasteiger partial charge is 0.345 e. The molecule has 0 radical (unpaired) electrons. The van der Waals surface area contributed by atoms with Crippen molar-refractivity contribution in [3.05, 3.63) is 42.0 Å². The molecule has 0 aromatic carbocycles. The van der Waals surface area contributed by atoms with Crippen molar-refractivity contribution in [1.82, 2.24) is 15.0 Å². The Morgan fingerprint density at radius 2 is 2.13 bits per heavy atom. The van der Waals surface area contributed by atoms with E-state index in [0.717, 1.165) is 35.7 Å². The molecule has 2 heterocycles. The molecule has 1 N–H and O–H groups in total. The number of nitrogens with zero attached hydrogens (tertiary/aromatic N) is 2. The van der Waals surface area contributed by atoms with E-state index in [1.54, 1.807) is 6.33 Å². The van der Waals surface area contributed by atoms with Crippen molar-refractivity contribution in [1.29, 1.82) is 0 Å². The molecule has 2 fully saturated rings. The second-order valence-corrected chi connectivity index (χ2v) is 7.34. The van der Waals surface area contributed by atoms with Gasteiger partial charge in [0.1, 0.15) is 12.0 Å². The highest BCUT2D eigenvalue weighted by atomic mass is 14.9. The Labute approximate surface area is 138 Å². The van der Waals surface area contributed by atoms with Crippen LogP contribution >= 0.6 is 0 Å². The smallest absolute Gasteiger partial charge is 0.141 e. The second-order valence-electron chi connectivity index (χ2n) is 7.34. The molecule has 0 spiro atoms. The Morgan fingerprint density at radius 1 is 1.26 bits per heavy atom. The fraction of sp³-hybridized carbons (Fsp3) is 0.500. The van der Waals surface area contributed by atoms with Crippen LogP contribution in [0.5, 0.6) is 0 Å². The number of H-pyrrole nitrogens is 1. The average molecular weight is 307 g/mol. The van der Waals surface area contributed by atoms with Crippen LogP contribution in [0.15, 0.2) is 30.8 Å². The molecule has 2 bridgehead atoms. The van der Waals surface area contributed by atoms with Crippen molar-refractivity contribution >= 4 is 16.6 Å². The topological polar surface area (TPSA) is 41.6 Å². The zero-order valence-corrected chi connectivity index (χ0v) is 13.8. The molecule has 3 unspecified atom stereocenters. The van der Waals surface area contributed by atoms with Crippen LogP contribution in [0, 0.1) is 23.7 Å². The van der Waals surface area contributed by atoms with Gasteiger partial charge in [0.05, 0.1) is 5.69 Å².